The summed E-state index contributed by atoms with van der Waals surface area (Å²) in [7, 11) is 0. The Kier molecular flexibility index (Phi) is 10.3. The molecule has 11 nitrogen and oxygen atoms in total. The SMILES string of the molecule is Cc1cc(CNC(=O)C(=O)[C@@H](NC(=O)[C@H](C)NC(=O)[C@@H](NC(=O)c2ccccc2)C(C)(C)C)C(C)C)no1. The molecule has 206 valence electrons. The van der Waals surface area contributed by atoms with Gasteiger partial charge in [0, 0.05) is 11.6 Å². The summed E-state index contributed by atoms with van der Waals surface area (Å²) in [5.41, 5.74) is 0.190. The summed E-state index contributed by atoms with van der Waals surface area (Å²) in [6.07, 6.45) is 0. The molecule has 0 aliphatic carbocycles. The molecule has 1 heterocycles. The van der Waals surface area contributed by atoms with E-state index < -0.39 is 58.9 Å². The fourth-order valence-electron chi connectivity index (χ4n) is 3.56. The van der Waals surface area contributed by atoms with E-state index in [9.17, 15) is 24.0 Å². The maximum Gasteiger partial charge on any atom is 0.289 e. The van der Waals surface area contributed by atoms with Crippen molar-refractivity contribution in [3.63, 3.8) is 0 Å². The van der Waals surface area contributed by atoms with Crippen molar-refractivity contribution in [1.29, 1.82) is 0 Å². The van der Waals surface area contributed by atoms with Crippen molar-refractivity contribution in [2.75, 3.05) is 0 Å². The highest BCUT2D eigenvalue weighted by molar-refractivity contribution is 6.38. The Balaban J connectivity index is 2.02. The number of rotatable bonds is 11. The number of aromatic nitrogens is 1. The lowest BCUT2D eigenvalue weighted by atomic mass is 9.85. The van der Waals surface area contributed by atoms with E-state index >= 15 is 0 Å². The largest absolute Gasteiger partial charge is 0.361 e. The van der Waals surface area contributed by atoms with Crippen LogP contribution in [0.2, 0.25) is 0 Å². The van der Waals surface area contributed by atoms with E-state index in [4.69, 9.17) is 4.52 Å². The molecule has 4 N–H and O–H groups in total. The fraction of sp³-hybridized carbons (Fsp3) is 0.481. The number of nitrogens with one attached hydrogen (secondary N) is 4. The van der Waals surface area contributed by atoms with Gasteiger partial charge in [0.2, 0.25) is 17.6 Å². The summed E-state index contributed by atoms with van der Waals surface area (Å²) in [6, 6.07) is 7.01. The third-order valence-electron chi connectivity index (χ3n) is 5.77. The molecular weight excluding hydrogens is 490 g/mol. The molecule has 2 aromatic rings. The first-order valence-electron chi connectivity index (χ1n) is 12.4. The van der Waals surface area contributed by atoms with E-state index in [2.05, 4.69) is 26.4 Å². The third kappa shape index (κ3) is 8.53. The molecule has 4 amide bonds. The number of hydrogen-bond donors (Lipinski definition) is 4. The van der Waals surface area contributed by atoms with E-state index in [1.807, 2.05) is 0 Å². The topological polar surface area (TPSA) is 160 Å². The molecule has 0 bridgehead atoms. The number of ketones is 1. The zero-order valence-electron chi connectivity index (χ0n) is 22.9. The number of benzene rings is 1. The Morgan fingerprint density at radius 1 is 0.921 bits per heavy atom. The monoisotopic (exact) mass is 527 g/mol. The number of hydrogen-bond acceptors (Lipinski definition) is 7. The smallest absolute Gasteiger partial charge is 0.289 e. The Morgan fingerprint density at radius 2 is 1.55 bits per heavy atom. The van der Waals surface area contributed by atoms with Crippen LogP contribution in [0.15, 0.2) is 40.9 Å². The molecule has 0 fully saturated rings. The zero-order chi connectivity index (χ0) is 28.6. The zero-order valence-corrected chi connectivity index (χ0v) is 22.9. The van der Waals surface area contributed by atoms with Crippen LogP contribution in [0, 0.1) is 18.3 Å². The van der Waals surface area contributed by atoms with Crippen molar-refractivity contribution in [1.82, 2.24) is 26.4 Å². The van der Waals surface area contributed by atoms with Gasteiger partial charge in [-0.15, -0.1) is 0 Å². The predicted molar refractivity (Wildman–Crippen MR) is 140 cm³/mol. The minimum absolute atomic E-state index is 0.00394. The van der Waals surface area contributed by atoms with E-state index in [-0.39, 0.29) is 6.54 Å². The maximum absolute atomic E-state index is 13.1. The maximum atomic E-state index is 13.1. The first-order valence-corrected chi connectivity index (χ1v) is 12.4. The molecule has 11 heteroatoms. The molecule has 0 aliphatic heterocycles. The number of carbonyl (C=O) groups excluding carboxylic acids is 5. The molecule has 1 aromatic heterocycles. The quantitative estimate of drug-likeness (QED) is 0.323. The molecular formula is C27H37N5O6. The van der Waals surface area contributed by atoms with Gasteiger partial charge in [-0.25, -0.2) is 0 Å². The average molecular weight is 528 g/mol. The van der Waals surface area contributed by atoms with Gasteiger partial charge in [-0.3, -0.25) is 24.0 Å². The summed E-state index contributed by atoms with van der Waals surface area (Å²) in [4.78, 5) is 63.9. The third-order valence-corrected chi connectivity index (χ3v) is 5.77. The molecule has 3 atom stereocenters. The number of amides is 4. The van der Waals surface area contributed by atoms with Gasteiger partial charge in [0.05, 0.1) is 12.6 Å². The second-order valence-electron chi connectivity index (χ2n) is 10.6. The molecule has 0 unspecified atom stereocenters. The normalized spacial score (nSPS) is 13.7. The van der Waals surface area contributed by atoms with E-state index in [1.54, 1.807) is 77.9 Å². The number of aryl methyl sites for hydroxylation is 1. The second kappa shape index (κ2) is 13.0. The predicted octanol–water partition coefficient (Wildman–Crippen LogP) is 1.66. The Morgan fingerprint density at radius 3 is 2.08 bits per heavy atom. The Hall–Kier alpha value is -4.02. The van der Waals surface area contributed by atoms with E-state index in [0.29, 0.717) is 17.0 Å². The summed E-state index contributed by atoms with van der Waals surface area (Å²) >= 11 is 0. The average Bonchev–Trinajstić information content (AvgIpc) is 3.27. The first kappa shape index (κ1) is 30.2. The van der Waals surface area contributed by atoms with Gasteiger partial charge < -0.3 is 25.8 Å². The molecule has 2 rings (SSSR count). The van der Waals surface area contributed by atoms with Gasteiger partial charge in [0.25, 0.3) is 11.8 Å². The minimum atomic E-state index is -1.11. The van der Waals surface area contributed by atoms with Crippen LogP contribution in [0.25, 0.3) is 0 Å². The van der Waals surface area contributed by atoms with Crippen molar-refractivity contribution in [2.24, 2.45) is 11.3 Å². The van der Waals surface area contributed by atoms with Gasteiger partial charge in [0.15, 0.2) is 0 Å². The summed E-state index contributed by atoms with van der Waals surface area (Å²) in [5.74, 6) is -3.16. The van der Waals surface area contributed by atoms with Crippen molar-refractivity contribution in [3.8, 4) is 0 Å². The molecule has 0 saturated heterocycles. The van der Waals surface area contributed by atoms with Crippen LogP contribution < -0.4 is 21.3 Å². The van der Waals surface area contributed by atoms with Crippen LogP contribution in [-0.2, 0) is 25.7 Å². The lowest BCUT2D eigenvalue weighted by Gasteiger charge is -2.31. The van der Waals surface area contributed by atoms with Crippen LogP contribution in [0.1, 0.15) is 63.4 Å². The number of Topliss-reactive ketones (excluding diaryl/α,β-unsaturated/α-hetero) is 1. The van der Waals surface area contributed by atoms with Gasteiger partial charge in [-0.2, -0.15) is 0 Å². The van der Waals surface area contributed by atoms with Gasteiger partial charge in [-0.1, -0.05) is 58.0 Å². The van der Waals surface area contributed by atoms with Crippen molar-refractivity contribution >= 4 is 29.4 Å². The van der Waals surface area contributed by atoms with E-state index in [0.717, 1.165) is 0 Å². The lowest BCUT2D eigenvalue weighted by molar-refractivity contribution is -0.141. The minimum Gasteiger partial charge on any atom is -0.361 e. The van der Waals surface area contributed by atoms with Crippen LogP contribution >= 0.6 is 0 Å². The van der Waals surface area contributed by atoms with Gasteiger partial charge in [-0.05, 0) is 37.3 Å². The summed E-state index contributed by atoms with van der Waals surface area (Å²) in [6.45, 7) is 11.9. The van der Waals surface area contributed by atoms with E-state index in [1.165, 1.54) is 6.92 Å². The van der Waals surface area contributed by atoms with Crippen LogP contribution in [0.3, 0.4) is 0 Å². The van der Waals surface area contributed by atoms with Crippen LogP contribution in [-0.4, -0.2) is 52.7 Å². The molecule has 0 saturated carbocycles. The fourth-order valence-corrected chi connectivity index (χ4v) is 3.56. The van der Waals surface area contributed by atoms with Crippen LogP contribution in [0.4, 0.5) is 0 Å². The Labute approximate surface area is 222 Å². The van der Waals surface area contributed by atoms with Crippen LogP contribution in [0.5, 0.6) is 0 Å². The summed E-state index contributed by atoms with van der Waals surface area (Å²) in [5, 5.41) is 14.1. The van der Waals surface area contributed by atoms with Gasteiger partial charge >= 0.3 is 0 Å². The second-order valence-corrected chi connectivity index (χ2v) is 10.6. The van der Waals surface area contributed by atoms with Crippen molar-refractivity contribution in [3.05, 3.63) is 53.4 Å². The molecule has 0 spiro atoms. The number of nitrogens with zero attached hydrogens (tertiary/aromatic N) is 1. The molecule has 0 aliphatic rings. The highest BCUT2D eigenvalue weighted by Crippen LogP contribution is 2.20. The Bertz CT molecular complexity index is 1150. The first-order chi connectivity index (χ1) is 17.7. The highest BCUT2D eigenvalue weighted by Gasteiger charge is 2.36. The molecule has 38 heavy (non-hydrogen) atoms. The van der Waals surface area contributed by atoms with Gasteiger partial charge in [0.1, 0.15) is 23.5 Å². The summed E-state index contributed by atoms with van der Waals surface area (Å²) < 4.78 is 4.93. The lowest BCUT2D eigenvalue weighted by Crippen LogP contribution is -2.59. The highest BCUT2D eigenvalue weighted by atomic mass is 16.5. The van der Waals surface area contributed by atoms with Crippen molar-refractivity contribution in [2.45, 2.75) is 73.1 Å². The number of carbonyl (C=O) groups is 5. The molecule has 0 radical (unpaired) electrons. The standard InChI is InChI=1S/C27H37N5O6/c1-15(2)20(21(33)25(36)28-14-19-13-16(3)38-32-19)30-23(34)17(4)29-26(37)22(27(5,6)7)31-24(35)18-11-9-8-10-12-18/h8-13,15,17,20,22H,14H2,1-7H3,(H,28,36)(H,29,37)(H,30,34)(H,31,35)/t17-,20-,22+/m0/s1. The van der Waals surface area contributed by atoms with Crippen molar-refractivity contribution < 1.29 is 28.5 Å². The molecule has 1 aromatic carbocycles.